The van der Waals surface area contributed by atoms with E-state index < -0.39 is 52.1 Å². The number of hydrogen-bond acceptors (Lipinski definition) is 7. The first-order valence-electron chi connectivity index (χ1n) is 8.95. The monoisotopic (exact) mass is 556 g/mol. The third-order valence-corrected chi connectivity index (χ3v) is 18.8. The lowest BCUT2D eigenvalue weighted by molar-refractivity contribution is 0.0331. The van der Waals surface area contributed by atoms with Crippen LogP contribution < -0.4 is 0 Å². The van der Waals surface area contributed by atoms with Gasteiger partial charge in [0.25, 0.3) is 0 Å². The van der Waals surface area contributed by atoms with Gasteiger partial charge in [-0.1, -0.05) is 37.1 Å². The van der Waals surface area contributed by atoms with Gasteiger partial charge in [0.15, 0.2) is 34.0 Å². The van der Waals surface area contributed by atoms with Crippen molar-refractivity contribution < 1.29 is 29.4 Å². The SMILES string of the molecule is C.C.C.C.C.CO[Si](O[SiH](C)C)(O[Si](C)(C)C)O[Si](OC)(O[Si](C)(C)C)O[Si](C)(C)C. The topological polar surface area (TPSA) is 64.6 Å². The van der Waals surface area contributed by atoms with Crippen LogP contribution in [0, 0.1) is 0 Å². The van der Waals surface area contributed by atoms with Crippen molar-refractivity contribution in [3.8, 4) is 0 Å². The highest BCUT2D eigenvalue weighted by Gasteiger charge is 2.62. The molecule has 0 spiro atoms. The minimum atomic E-state index is -3.51. The van der Waals surface area contributed by atoms with Crippen LogP contribution in [0.1, 0.15) is 37.1 Å². The Morgan fingerprint density at radius 3 is 0.903 bits per heavy atom. The van der Waals surface area contributed by atoms with Crippen molar-refractivity contribution in [2.75, 3.05) is 14.2 Å². The Morgan fingerprint density at radius 2 is 0.710 bits per heavy atom. The summed E-state index contributed by atoms with van der Waals surface area (Å²) in [7, 11) is -11.5. The third kappa shape index (κ3) is 20.1. The first-order valence-corrected chi connectivity index (χ1v) is 25.2. The lowest BCUT2D eigenvalue weighted by Gasteiger charge is -2.42. The van der Waals surface area contributed by atoms with E-state index in [0.29, 0.717) is 0 Å². The molecule has 0 amide bonds. The van der Waals surface area contributed by atoms with Crippen molar-refractivity contribution in [2.24, 2.45) is 0 Å². The van der Waals surface area contributed by atoms with Gasteiger partial charge in [0.1, 0.15) is 0 Å². The van der Waals surface area contributed by atoms with Gasteiger partial charge in [-0.25, -0.2) is 0 Å². The lowest BCUT2D eigenvalue weighted by atomic mass is 11.8. The van der Waals surface area contributed by atoms with Crippen LogP contribution in [-0.4, -0.2) is 66.3 Å². The van der Waals surface area contributed by atoms with Gasteiger partial charge in [0.05, 0.1) is 0 Å². The Hall–Kier alpha value is 1.02. The van der Waals surface area contributed by atoms with Gasteiger partial charge in [0, 0.05) is 14.2 Å². The van der Waals surface area contributed by atoms with Crippen molar-refractivity contribution in [2.45, 2.75) is 109 Å². The minimum absolute atomic E-state index is 0. The van der Waals surface area contributed by atoms with Gasteiger partial charge in [-0.15, -0.1) is 0 Å². The molecule has 0 saturated heterocycles. The third-order valence-electron chi connectivity index (χ3n) is 2.42. The van der Waals surface area contributed by atoms with Crippen LogP contribution in [-0.2, 0) is 29.4 Å². The maximum Gasteiger partial charge on any atom is 0.652 e. The molecule has 31 heavy (non-hydrogen) atoms. The molecule has 7 nitrogen and oxygen atoms in total. The second kappa shape index (κ2) is 16.6. The molecule has 1 unspecified atom stereocenters. The highest BCUT2D eigenvalue weighted by molar-refractivity contribution is 6.88. The molecule has 0 radical (unpaired) electrons. The smallest absolute Gasteiger partial charge is 0.398 e. The largest absolute Gasteiger partial charge is 0.652 e. The van der Waals surface area contributed by atoms with Gasteiger partial charge in [-0.2, -0.15) is 0 Å². The average molecular weight is 557 g/mol. The Morgan fingerprint density at radius 1 is 0.452 bits per heavy atom. The molecular formula is C18H60O7Si6. The van der Waals surface area contributed by atoms with E-state index in [2.05, 4.69) is 72.0 Å². The maximum atomic E-state index is 6.45. The molecule has 0 fully saturated rings. The molecule has 0 bridgehead atoms. The molecule has 0 N–H and O–H groups in total. The first kappa shape index (κ1) is 45.5. The molecule has 198 valence electrons. The average Bonchev–Trinajstić information content (AvgIpc) is 2.31. The zero-order valence-corrected chi connectivity index (χ0v) is 25.1. The van der Waals surface area contributed by atoms with Crippen molar-refractivity contribution in [1.29, 1.82) is 0 Å². The molecular weight excluding hydrogens is 497 g/mol. The van der Waals surface area contributed by atoms with Gasteiger partial charge in [-0.3, -0.25) is 0 Å². The van der Waals surface area contributed by atoms with Crippen LogP contribution in [0.4, 0.5) is 0 Å². The van der Waals surface area contributed by atoms with Crippen molar-refractivity contribution in [3.63, 3.8) is 0 Å². The molecule has 0 rings (SSSR count). The van der Waals surface area contributed by atoms with Gasteiger partial charge in [-0.05, 0) is 72.0 Å². The van der Waals surface area contributed by atoms with E-state index in [1.165, 1.54) is 0 Å². The summed E-state index contributed by atoms with van der Waals surface area (Å²) in [5, 5.41) is 0. The fourth-order valence-electron chi connectivity index (χ4n) is 1.95. The first-order chi connectivity index (χ1) is 11.4. The zero-order valence-electron chi connectivity index (χ0n) is 18.9. The van der Waals surface area contributed by atoms with Crippen molar-refractivity contribution in [1.82, 2.24) is 0 Å². The van der Waals surface area contributed by atoms with E-state index in [0.717, 1.165) is 0 Å². The predicted octanol–water partition coefficient (Wildman–Crippen LogP) is 6.90. The molecule has 0 aliphatic heterocycles. The molecule has 1 atom stereocenters. The maximum absolute atomic E-state index is 6.45. The Kier molecular flexibility index (Phi) is 24.4. The molecule has 0 aromatic rings. The fourth-order valence-corrected chi connectivity index (χ4v) is 20.0. The highest BCUT2D eigenvalue weighted by atomic mass is 28.6. The summed E-state index contributed by atoms with van der Waals surface area (Å²) in [6, 6.07) is 0. The summed E-state index contributed by atoms with van der Waals surface area (Å²) >= 11 is 0. The van der Waals surface area contributed by atoms with E-state index in [1.807, 2.05) is 0 Å². The lowest BCUT2D eigenvalue weighted by Crippen LogP contribution is -2.68. The predicted molar refractivity (Wildman–Crippen MR) is 154 cm³/mol. The summed E-state index contributed by atoms with van der Waals surface area (Å²) < 4.78 is 43.4. The summed E-state index contributed by atoms with van der Waals surface area (Å²) in [6.07, 6.45) is 0. The number of hydrogen-bond donors (Lipinski definition) is 0. The zero-order chi connectivity index (χ0) is 21.0. The van der Waals surface area contributed by atoms with Crippen molar-refractivity contribution >= 4 is 52.1 Å². The summed E-state index contributed by atoms with van der Waals surface area (Å²) in [6.45, 7) is 22.9. The summed E-state index contributed by atoms with van der Waals surface area (Å²) in [4.78, 5) is 0. The Labute approximate surface area is 204 Å². The van der Waals surface area contributed by atoms with Crippen LogP contribution in [0.2, 0.25) is 72.0 Å². The summed E-state index contributed by atoms with van der Waals surface area (Å²) in [5.41, 5.74) is 0. The van der Waals surface area contributed by atoms with E-state index >= 15 is 0 Å². The van der Waals surface area contributed by atoms with Crippen LogP contribution in [0.25, 0.3) is 0 Å². The quantitative estimate of drug-likeness (QED) is 0.242. The van der Waals surface area contributed by atoms with Crippen LogP contribution in [0.5, 0.6) is 0 Å². The van der Waals surface area contributed by atoms with E-state index in [9.17, 15) is 0 Å². The molecule has 0 aromatic heterocycles. The van der Waals surface area contributed by atoms with Crippen LogP contribution in [0.15, 0.2) is 0 Å². The molecule has 0 aromatic carbocycles. The number of rotatable bonds is 12. The van der Waals surface area contributed by atoms with Gasteiger partial charge >= 0.3 is 18.1 Å². The Bertz CT molecular complexity index is 421. The molecule has 13 heteroatoms. The highest BCUT2D eigenvalue weighted by Crippen LogP contribution is 2.29. The molecule has 0 heterocycles. The van der Waals surface area contributed by atoms with Gasteiger partial charge < -0.3 is 29.4 Å². The van der Waals surface area contributed by atoms with E-state index in [-0.39, 0.29) is 37.1 Å². The normalized spacial score (nSPS) is 14.1. The standard InChI is InChI=1S/C13H40O7Si6.5CH4/c1-14-25(16-21(3)4,17-22(5,6)7)20-26(15-2,18-23(8,9)10)19-24(11,12)13;;;;;/h21H,1-13H3;5*1H4. The fraction of sp³-hybridized carbons (Fsp3) is 1.00. The summed E-state index contributed by atoms with van der Waals surface area (Å²) in [5.74, 6) is 0. The van der Waals surface area contributed by atoms with E-state index in [4.69, 9.17) is 29.4 Å². The molecule has 0 saturated carbocycles. The minimum Gasteiger partial charge on any atom is -0.398 e. The Balaban J connectivity index is -0.000000312. The van der Waals surface area contributed by atoms with Crippen molar-refractivity contribution in [3.05, 3.63) is 0 Å². The van der Waals surface area contributed by atoms with Crippen LogP contribution in [0.3, 0.4) is 0 Å². The second-order valence-corrected chi connectivity index (χ2v) is 31.1. The van der Waals surface area contributed by atoms with Crippen LogP contribution >= 0.6 is 0 Å². The van der Waals surface area contributed by atoms with Gasteiger partial charge in [0.2, 0.25) is 0 Å². The van der Waals surface area contributed by atoms with E-state index in [1.54, 1.807) is 14.2 Å². The second-order valence-electron chi connectivity index (χ2n) is 9.32. The molecule has 0 aliphatic rings. The molecule has 0 aliphatic carbocycles.